The molecule has 2 rings (SSSR count). The van der Waals surface area contributed by atoms with Crippen molar-refractivity contribution in [3.05, 3.63) is 34.3 Å². The smallest absolute Gasteiger partial charge is 0.0794 e. The molecule has 1 heterocycles. The zero-order chi connectivity index (χ0) is 10.1. The molecule has 1 saturated heterocycles. The lowest BCUT2D eigenvalue weighted by Crippen LogP contribution is -2.51. The number of hydrogen-bond donors (Lipinski definition) is 1. The van der Waals surface area contributed by atoms with Gasteiger partial charge in [0, 0.05) is 23.6 Å². The fraction of sp³-hybridized carbons (Fsp3) is 0.455. The Hall–Kier alpha value is -0.380. The summed E-state index contributed by atoms with van der Waals surface area (Å²) < 4.78 is 1.11. The summed E-state index contributed by atoms with van der Waals surface area (Å²) in [6, 6.07) is 8.74. The molecule has 1 aliphatic heterocycles. The topological polar surface area (TPSA) is 23.5 Å². The summed E-state index contributed by atoms with van der Waals surface area (Å²) in [5.41, 5.74) is 1.30. The highest BCUT2D eigenvalue weighted by atomic mass is 79.9. The van der Waals surface area contributed by atoms with Crippen LogP contribution >= 0.6 is 15.9 Å². The van der Waals surface area contributed by atoms with Gasteiger partial charge in [0.15, 0.2) is 0 Å². The Kier molecular flexibility index (Phi) is 2.91. The van der Waals surface area contributed by atoms with Crippen molar-refractivity contribution in [1.82, 2.24) is 4.90 Å². The van der Waals surface area contributed by atoms with Crippen molar-refractivity contribution in [2.24, 2.45) is 0 Å². The van der Waals surface area contributed by atoms with Gasteiger partial charge in [-0.2, -0.15) is 0 Å². The lowest BCUT2D eigenvalue weighted by Gasteiger charge is -2.40. The fourth-order valence-corrected chi connectivity index (χ4v) is 2.20. The van der Waals surface area contributed by atoms with E-state index in [9.17, 15) is 5.11 Å². The molecule has 3 heteroatoms. The van der Waals surface area contributed by atoms with Crippen LogP contribution in [0.1, 0.15) is 18.5 Å². The van der Waals surface area contributed by atoms with E-state index < -0.39 is 0 Å². The fourth-order valence-electron chi connectivity index (χ4n) is 1.78. The van der Waals surface area contributed by atoms with Crippen LogP contribution in [0.2, 0.25) is 0 Å². The van der Waals surface area contributed by atoms with E-state index in [0.29, 0.717) is 6.04 Å². The first-order chi connectivity index (χ1) is 6.66. The summed E-state index contributed by atoms with van der Waals surface area (Å²) in [6.45, 7) is 3.77. The summed E-state index contributed by atoms with van der Waals surface area (Å²) in [5.74, 6) is 0. The first-order valence-corrected chi connectivity index (χ1v) is 5.63. The third kappa shape index (κ3) is 2.00. The molecule has 1 aromatic rings. The summed E-state index contributed by atoms with van der Waals surface area (Å²) in [6.07, 6.45) is -0.121. The quantitative estimate of drug-likeness (QED) is 0.876. The zero-order valence-corrected chi connectivity index (χ0v) is 9.74. The maximum atomic E-state index is 9.22. The van der Waals surface area contributed by atoms with E-state index in [1.807, 2.05) is 12.1 Å². The minimum absolute atomic E-state index is 0.121. The van der Waals surface area contributed by atoms with E-state index in [4.69, 9.17) is 0 Å². The van der Waals surface area contributed by atoms with Crippen molar-refractivity contribution in [2.75, 3.05) is 13.1 Å². The van der Waals surface area contributed by atoms with Crippen LogP contribution in [-0.4, -0.2) is 29.2 Å². The lowest BCUT2D eigenvalue weighted by molar-refractivity contribution is -0.0211. The zero-order valence-electron chi connectivity index (χ0n) is 8.15. The Morgan fingerprint density at radius 1 is 1.50 bits per heavy atom. The molecule has 14 heavy (non-hydrogen) atoms. The number of halogens is 1. The molecular formula is C11H14BrNO. The molecular weight excluding hydrogens is 242 g/mol. The summed E-state index contributed by atoms with van der Waals surface area (Å²) in [5, 5.41) is 9.22. The Morgan fingerprint density at radius 3 is 2.79 bits per heavy atom. The highest BCUT2D eigenvalue weighted by Gasteiger charge is 2.28. The Morgan fingerprint density at radius 2 is 2.21 bits per heavy atom. The van der Waals surface area contributed by atoms with Gasteiger partial charge in [-0.15, -0.1) is 0 Å². The van der Waals surface area contributed by atoms with Crippen molar-refractivity contribution < 1.29 is 5.11 Å². The van der Waals surface area contributed by atoms with Gasteiger partial charge in [0.05, 0.1) is 6.10 Å². The van der Waals surface area contributed by atoms with Crippen LogP contribution in [0.5, 0.6) is 0 Å². The number of β-amino-alcohol motifs (C(OH)–C–C–N with tert-alkyl or cyclic N) is 1. The van der Waals surface area contributed by atoms with Crippen molar-refractivity contribution in [1.29, 1.82) is 0 Å². The molecule has 0 amide bonds. The van der Waals surface area contributed by atoms with Gasteiger partial charge in [0.25, 0.3) is 0 Å². The molecule has 0 unspecified atom stereocenters. The van der Waals surface area contributed by atoms with E-state index >= 15 is 0 Å². The Labute approximate surface area is 92.7 Å². The molecule has 76 valence electrons. The van der Waals surface area contributed by atoms with Crippen LogP contribution in [0.4, 0.5) is 0 Å². The second-order valence-electron chi connectivity index (χ2n) is 3.84. The number of aliphatic hydroxyl groups excluding tert-OH is 1. The molecule has 2 nitrogen and oxygen atoms in total. The molecule has 0 saturated carbocycles. The molecule has 0 aromatic heterocycles. The predicted octanol–water partition coefficient (Wildman–Crippen LogP) is 2.19. The molecule has 0 aliphatic carbocycles. The van der Waals surface area contributed by atoms with Gasteiger partial charge in [-0.1, -0.05) is 28.1 Å². The molecule has 0 spiro atoms. The summed E-state index contributed by atoms with van der Waals surface area (Å²) in [7, 11) is 0. The second-order valence-corrected chi connectivity index (χ2v) is 4.75. The molecule has 0 radical (unpaired) electrons. The maximum Gasteiger partial charge on any atom is 0.0794 e. The predicted molar refractivity (Wildman–Crippen MR) is 60.1 cm³/mol. The van der Waals surface area contributed by atoms with Gasteiger partial charge in [0.2, 0.25) is 0 Å². The van der Waals surface area contributed by atoms with Crippen LogP contribution in [0.15, 0.2) is 28.7 Å². The van der Waals surface area contributed by atoms with Crippen LogP contribution in [0.25, 0.3) is 0 Å². The number of nitrogens with zero attached hydrogens (tertiary/aromatic N) is 1. The van der Waals surface area contributed by atoms with Crippen molar-refractivity contribution >= 4 is 15.9 Å². The highest BCUT2D eigenvalue weighted by molar-refractivity contribution is 9.10. The van der Waals surface area contributed by atoms with Gasteiger partial charge in [-0.05, 0) is 24.6 Å². The van der Waals surface area contributed by atoms with E-state index in [2.05, 4.69) is 39.9 Å². The van der Waals surface area contributed by atoms with Crippen molar-refractivity contribution in [2.45, 2.75) is 19.1 Å². The van der Waals surface area contributed by atoms with Gasteiger partial charge in [-0.3, -0.25) is 4.90 Å². The molecule has 1 aliphatic rings. The van der Waals surface area contributed by atoms with Crippen LogP contribution in [-0.2, 0) is 0 Å². The monoisotopic (exact) mass is 255 g/mol. The van der Waals surface area contributed by atoms with Gasteiger partial charge in [-0.25, -0.2) is 0 Å². The first-order valence-electron chi connectivity index (χ1n) is 4.84. The minimum atomic E-state index is -0.121. The molecule has 0 bridgehead atoms. The number of likely N-dealkylation sites (tertiary alicyclic amines) is 1. The van der Waals surface area contributed by atoms with Crippen LogP contribution < -0.4 is 0 Å². The number of benzene rings is 1. The Balaban J connectivity index is 2.07. The van der Waals surface area contributed by atoms with Gasteiger partial charge < -0.3 is 5.11 Å². The standard InChI is InChI=1S/C11H14BrNO/c1-8(13-6-11(14)7-13)9-3-2-4-10(12)5-9/h2-5,8,11,14H,6-7H2,1H3/t8-/m0/s1. The average Bonchev–Trinajstić information content (AvgIpc) is 2.12. The largest absolute Gasteiger partial charge is 0.390 e. The van der Waals surface area contributed by atoms with Crippen molar-refractivity contribution in [3.63, 3.8) is 0 Å². The molecule has 1 N–H and O–H groups in total. The molecule has 1 fully saturated rings. The second kappa shape index (κ2) is 4.01. The molecule has 1 aromatic carbocycles. The maximum absolute atomic E-state index is 9.22. The van der Waals surface area contributed by atoms with Gasteiger partial charge in [0.1, 0.15) is 0 Å². The molecule has 1 atom stereocenters. The van der Waals surface area contributed by atoms with E-state index in [1.165, 1.54) is 5.56 Å². The van der Waals surface area contributed by atoms with Crippen LogP contribution in [0, 0.1) is 0 Å². The Bertz CT molecular complexity index is 323. The van der Waals surface area contributed by atoms with E-state index in [1.54, 1.807) is 0 Å². The van der Waals surface area contributed by atoms with E-state index in [-0.39, 0.29) is 6.10 Å². The lowest BCUT2D eigenvalue weighted by atomic mass is 10.0. The summed E-state index contributed by atoms with van der Waals surface area (Å²) >= 11 is 3.46. The third-order valence-electron chi connectivity index (χ3n) is 2.77. The SMILES string of the molecule is C[C@@H](c1cccc(Br)c1)N1CC(O)C1. The minimum Gasteiger partial charge on any atom is -0.390 e. The average molecular weight is 256 g/mol. The normalized spacial score (nSPS) is 20.5. The number of hydrogen-bond acceptors (Lipinski definition) is 2. The number of rotatable bonds is 2. The number of aliphatic hydroxyl groups is 1. The summed E-state index contributed by atoms with van der Waals surface area (Å²) in [4.78, 5) is 2.27. The van der Waals surface area contributed by atoms with Gasteiger partial charge >= 0.3 is 0 Å². The third-order valence-corrected chi connectivity index (χ3v) is 3.26. The highest BCUT2D eigenvalue weighted by Crippen LogP contribution is 2.26. The van der Waals surface area contributed by atoms with Crippen molar-refractivity contribution in [3.8, 4) is 0 Å². The first kappa shape index (κ1) is 10.1. The van der Waals surface area contributed by atoms with E-state index in [0.717, 1.165) is 17.6 Å². The van der Waals surface area contributed by atoms with Crippen LogP contribution in [0.3, 0.4) is 0 Å².